The summed E-state index contributed by atoms with van der Waals surface area (Å²) in [7, 11) is 0. The molecule has 0 heterocycles. The molecule has 0 saturated carbocycles. The summed E-state index contributed by atoms with van der Waals surface area (Å²) in [5.41, 5.74) is 0. The first kappa shape index (κ1) is 46.7. The van der Waals surface area contributed by atoms with E-state index in [4.69, 9.17) is 290 Å². The summed E-state index contributed by atoms with van der Waals surface area (Å²) in [4.78, 5) is 11.6. The smallest absolute Gasteiger partial charge is 0.343 e. The predicted octanol–water partition coefficient (Wildman–Crippen LogP) is 14.4. The minimum Gasteiger partial charge on any atom is -0.479 e. The van der Waals surface area contributed by atoms with E-state index in [0.29, 0.717) is 0 Å². The van der Waals surface area contributed by atoms with Gasteiger partial charge in [-0.3, -0.25) is 0 Å². The Balaban J connectivity index is 7.37. The van der Waals surface area contributed by atoms with Gasteiger partial charge in [-0.15, -0.1) is 0 Å². The molecular formula is C13HCl25O2. The molecule has 0 atom stereocenters. The second-order valence-electron chi connectivity index (χ2n) is 7.12. The molecule has 0 radical (unpaired) electrons. The van der Waals surface area contributed by atoms with Gasteiger partial charge in [0.25, 0.3) is 0 Å². The minimum absolute atomic E-state index is 2.12. The number of hydrogen-bond acceptors (Lipinski definition) is 1. The Morgan fingerprint density at radius 2 is 0.450 bits per heavy atom. The SMILES string of the molecule is O=C(O)C(Cl)(Cl)C(Cl)(Cl)C(Cl)(Cl)C(Cl)(Cl)C(Cl)(Cl)C(Cl)(Cl)C(Cl)(Cl)C(Cl)(Cl)C(Cl)(Cl)C(Cl)(Cl)C(Cl)(Cl)C(Cl)(Cl)Cl. The molecule has 40 heavy (non-hydrogen) atoms. The molecule has 0 rings (SSSR count). The van der Waals surface area contributed by atoms with Crippen molar-refractivity contribution in [2.45, 2.75) is 51.5 Å². The van der Waals surface area contributed by atoms with Crippen molar-refractivity contribution < 1.29 is 9.90 Å². The van der Waals surface area contributed by atoms with E-state index in [1.54, 1.807) is 0 Å². The van der Waals surface area contributed by atoms with Gasteiger partial charge in [0.2, 0.25) is 12.5 Å². The number of rotatable bonds is 11. The van der Waals surface area contributed by atoms with E-state index < -0.39 is 57.4 Å². The molecule has 0 spiro atoms. The monoisotopic (exact) mass is 1060 g/mol. The van der Waals surface area contributed by atoms with Crippen molar-refractivity contribution in [3.8, 4) is 0 Å². The van der Waals surface area contributed by atoms with Crippen molar-refractivity contribution in [3.63, 3.8) is 0 Å². The van der Waals surface area contributed by atoms with Gasteiger partial charge in [0.15, 0.2) is 39.0 Å². The van der Waals surface area contributed by atoms with Crippen molar-refractivity contribution in [2.24, 2.45) is 0 Å². The molecule has 27 heteroatoms. The van der Waals surface area contributed by atoms with Crippen molar-refractivity contribution in [1.82, 2.24) is 0 Å². The van der Waals surface area contributed by atoms with E-state index in [2.05, 4.69) is 0 Å². The van der Waals surface area contributed by atoms with E-state index in [1.807, 2.05) is 0 Å². The second-order valence-corrected chi connectivity index (χ2v) is 24.0. The van der Waals surface area contributed by atoms with Crippen LogP contribution in [0, 0.1) is 0 Å². The summed E-state index contributed by atoms with van der Waals surface area (Å²) in [5, 5.41) is 9.36. The summed E-state index contributed by atoms with van der Waals surface area (Å²) in [6.45, 7) is 0. The molecule has 2 nitrogen and oxygen atoms in total. The van der Waals surface area contributed by atoms with E-state index in [9.17, 15) is 9.90 Å². The first-order valence-corrected chi connectivity index (χ1v) is 17.6. The number of hydrogen-bond donors (Lipinski definition) is 1. The zero-order valence-electron chi connectivity index (χ0n) is 16.8. The van der Waals surface area contributed by atoms with Gasteiger partial charge in [-0.05, 0) is 0 Å². The number of carbonyl (C=O) groups is 1. The average molecular weight is 1080 g/mol. The molecular weight excluding hydrogens is 1070 g/mol. The molecule has 0 amide bonds. The maximum Gasteiger partial charge on any atom is 0.343 e. The standard InChI is InChI=1S/C13HCl25O2/c14-2(15,1(39)40)3(16,17)4(18,19)5(20,21)6(22,23)7(24,25)8(26,27)9(28,29)10(30,31)11(32,33)12(34,35)13(36,37)38/h(H,39,40). The normalized spacial score (nSPS) is 16.8. The Labute approximate surface area is 352 Å². The highest BCUT2D eigenvalue weighted by Gasteiger charge is 2.85. The third-order valence-electron chi connectivity index (χ3n) is 4.57. The Morgan fingerprint density at radius 3 is 0.600 bits per heavy atom. The molecule has 0 fully saturated rings. The van der Waals surface area contributed by atoms with Gasteiger partial charge in [-0.2, -0.15) is 0 Å². The zero-order valence-corrected chi connectivity index (χ0v) is 35.7. The van der Waals surface area contributed by atoms with Crippen LogP contribution >= 0.6 is 290 Å². The highest BCUT2D eigenvalue weighted by atomic mass is 35.6. The summed E-state index contributed by atoms with van der Waals surface area (Å²) in [6.07, 6.45) is 0. The van der Waals surface area contributed by atoms with Crippen LogP contribution in [-0.4, -0.2) is 62.5 Å². The molecule has 0 aliphatic carbocycles. The van der Waals surface area contributed by atoms with Crippen LogP contribution in [-0.2, 0) is 4.79 Å². The molecule has 0 bridgehead atoms. The lowest BCUT2D eigenvalue weighted by molar-refractivity contribution is -0.138. The summed E-state index contributed by atoms with van der Waals surface area (Å²) < 4.78 is -39.6. The van der Waals surface area contributed by atoms with Gasteiger partial charge in [0, 0.05) is 0 Å². The number of alkyl halides is 25. The van der Waals surface area contributed by atoms with Crippen LogP contribution in [0.2, 0.25) is 0 Å². The minimum atomic E-state index is -3.48. The van der Waals surface area contributed by atoms with E-state index in [0.717, 1.165) is 0 Å². The first-order chi connectivity index (χ1) is 16.7. The topological polar surface area (TPSA) is 37.3 Å². The van der Waals surface area contributed by atoms with Gasteiger partial charge >= 0.3 is 5.97 Å². The highest BCUT2D eigenvalue weighted by Crippen LogP contribution is 2.76. The van der Waals surface area contributed by atoms with Crippen LogP contribution < -0.4 is 0 Å². The zero-order chi connectivity index (χ0) is 33.6. The number of carboxylic acids is 1. The molecule has 240 valence electrons. The van der Waals surface area contributed by atoms with E-state index >= 15 is 0 Å². The van der Waals surface area contributed by atoms with E-state index in [1.165, 1.54) is 0 Å². The molecule has 0 aromatic heterocycles. The van der Waals surface area contributed by atoms with Crippen LogP contribution in [0.1, 0.15) is 0 Å². The Morgan fingerprint density at radius 1 is 0.300 bits per heavy atom. The summed E-state index contributed by atoms with van der Waals surface area (Å²) in [5.74, 6) is -2.12. The maximum atomic E-state index is 11.6. The van der Waals surface area contributed by atoms with Gasteiger partial charge in [-0.25, -0.2) is 4.79 Å². The Bertz CT molecular complexity index is 970. The number of aliphatic carboxylic acids is 1. The van der Waals surface area contributed by atoms with E-state index in [-0.39, 0.29) is 0 Å². The number of halogens is 25. The summed E-state index contributed by atoms with van der Waals surface area (Å²) in [6, 6.07) is 0. The second kappa shape index (κ2) is 13.7. The maximum absolute atomic E-state index is 11.6. The van der Waals surface area contributed by atoms with Gasteiger partial charge < -0.3 is 5.11 Å². The summed E-state index contributed by atoms with van der Waals surface area (Å²) >= 11 is 153. The molecule has 0 aromatic rings. The fraction of sp³-hybridized carbons (Fsp3) is 0.923. The van der Waals surface area contributed by atoms with Gasteiger partial charge in [0.05, 0.1) is 0 Å². The van der Waals surface area contributed by atoms with Crippen molar-refractivity contribution in [3.05, 3.63) is 0 Å². The molecule has 0 saturated heterocycles. The lowest BCUT2D eigenvalue weighted by Crippen LogP contribution is -2.74. The van der Waals surface area contributed by atoms with Crippen LogP contribution in [0.15, 0.2) is 0 Å². The van der Waals surface area contributed by atoms with Crippen LogP contribution in [0.3, 0.4) is 0 Å². The quantitative estimate of drug-likeness (QED) is 0.209. The van der Waals surface area contributed by atoms with Crippen LogP contribution in [0.5, 0.6) is 0 Å². The van der Waals surface area contributed by atoms with Crippen LogP contribution in [0.25, 0.3) is 0 Å². The Kier molecular flexibility index (Phi) is 16.0. The van der Waals surface area contributed by atoms with Crippen LogP contribution in [0.4, 0.5) is 0 Å². The molecule has 0 aliphatic rings. The van der Waals surface area contributed by atoms with Crippen molar-refractivity contribution >= 4 is 296 Å². The van der Waals surface area contributed by atoms with Gasteiger partial charge in [-0.1, -0.05) is 290 Å². The fourth-order valence-electron chi connectivity index (χ4n) is 2.09. The lowest BCUT2D eigenvalue weighted by Gasteiger charge is -2.57. The molecule has 0 aliphatic heterocycles. The third-order valence-corrected chi connectivity index (χ3v) is 22.1. The third kappa shape index (κ3) is 6.85. The highest BCUT2D eigenvalue weighted by molar-refractivity contribution is 6.84. The molecule has 0 unspecified atom stereocenters. The van der Waals surface area contributed by atoms with Crippen molar-refractivity contribution in [1.29, 1.82) is 0 Å². The lowest BCUT2D eigenvalue weighted by atomic mass is 9.98. The average Bonchev–Trinajstić information content (AvgIpc) is 2.71. The predicted molar refractivity (Wildman–Crippen MR) is 187 cm³/mol. The first-order valence-electron chi connectivity index (χ1n) is 8.15. The largest absolute Gasteiger partial charge is 0.479 e. The molecule has 1 N–H and O–H groups in total. The van der Waals surface area contributed by atoms with Gasteiger partial charge in [0.1, 0.15) is 0 Å². The Hall–Kier alpha value is 6.72. The number of carboxylic acid groups (broad SMARTS) is 1. The van der Waals surface area contributed by atoms with Crippen molar-refractivity contribution in [2.75, 3.05) is 0 Å². The molecule has 0 aromatic carbocycles. The fourth-order valence-corrected chi connectivity index (χ4v) is 10.1.